The van der Waals surface area contributed by atoms with E-state index in [1.807, 2.05) is 30.3 Å². The van der Waals surface area contributed by atoms with Gasteiger partial charge in [0.15, 0.2) is 0 Å². The van der Waals surface area contributed by atoms with Crippen molar-refractivity contribution in [2.24, 2.45) is 5.73 Å². The minimum atomic E-state index is -0.173. The molecule has 118 valence electrons. The van der Waals surface area contributed by atoms with E-state index in [-0.39, 0.29) is 5.91 Å². The molecule has 1 aromatic rings. The Morgan fingerprint density at radius 2 is 1.33 bits per heavy atom. The van der Waals surface area contributed by atoms with Crippen molar-refractivity contribution in [3.05, 3.63) is 30.3 Å². The van der Waals surface area contributed by atoms with Gasteiger partial charge >= 0.3 is 0 Å². The quantitative estimate of drug-likeness (QED) is 0.546. The van der Waals surface area contributed by atoms with E-state index in [0.717, 1.165) is 31.6 Å². The highest BCUT2D eigenvalue weighted by Crippen LogP contribution is 2.12. The second-order valence-corrected chi connectivity index (χ2v) is 5.56. The summed E-state index contributed by atoms with van der Waals surface area (Å²) in [6, 6.07) is 9.99. The van der Waals surface area contributed by atoms with Crippen LogP contribution in [0.3, 0.4) is 0 Å². The number of carbonyl (C=O) groups excluding carboxylic acids is 1. The maximum Gasteiger partial charge on any atom is 0.217 e. The molecule has 0 aliphatic carbocycles. The Hall–Kier alpha value is -1.51. The second kappa shape index (κ2) is 12.2. The molecule has 0 heterocycles. The van der Waals surface area contributed by atoms with Gasteiger partial charge < -0.3 is 10.5 Å². The zero-order valence-electron chi connectivity index (χ0n) is 13.1. The first kappa shape index (κ1) is 17.5. The van der Waals surface area contributed by atoms with Crippen molar-refractivity contribution < 1.29 is 9.53 Å². The Labute approximate surface area is 128 Å². The smallest absolute Gasteiger partial charge is 0.217 e. The van der Waals surface area contributed by atoms with Crippen LogP contribution in [0.5, 0.6) is 5.75 Å². The average molecular weight is 291 g/mol. The Kier molecular flexibility index (Phi) is 10.2. The van der Waals surface area contributed by atoms with Gasteiger partial charge in [0.05, 0.1) is 6.61 Å². The van der Waals surface area contributed by atoms with Crippen molar-refractivity contribution >= 4 is 5.91 Å². The van der Waals surface area contributed by atoms with Gasteiger partial charge in [-0.3, -0.25) is 4.79 Å². The van der Waals surface area contributed by atoms with Crippen molar-refractivity contribution in [2.45, 2.75) is 64.2 Å². The lowest BCUT2D eigenvalue weighted by atomic mass is 10.1. The zero-order valence-corrected chi connectivity index (χ0v) is 13.1. The third-order valence-electron chi connectivity index (χ3n) is 3.58. The molecule has 0 bridgehead atoms. The number of nitrogens with two attached hydrogens (primary N) is 1. The van der Waals surface area contributed by atoms with Crippen LogP contribution in [0, 0.1) is 0 Å². The molecule has 0 spiro atoms. The van der Waals surface area contributed by atoms with Crippen molar-refractivity contribution in [1.82, 2.24) is 0 Å². The van der Waals surface area contributed by atoms with E-state index in [9.17, 15) is 4.79 Å². The Balaban J connectivity index is 1.78. The van der Waals surface area contributed by atoms with Crippen LogP contribution in [0.25, 0.3) is 0 Å². The van der Waals surface area contributed by atoms with Crippen molar-refractivity contribution in [2.75, 3.05) is 6.61 Å². The van der Waals surface area contributed by atoms with Gasteiger partial charge in [-0.05, 0) is 25.0 Å². The lowest BCUT2D eigenvalue weighted by molar-refractivity contribution is -0.118. The predicted molar refractivity (Wildman–Crippen MR) is 87.3 cm³/mol. The number of para-hydroxylation sites is 1. The number of carbonyl (C=O) groups is 1. The molecule has 0 fully saturated rings. The molecule has 3 heteroatoms. The van der Waals surface area contributed by atoms with Crippen LogP contribution in [-0.2, 0) is 4.79 Å². The van der Waals surface area contributed by atoms with Crippen LogP contribution in [0.1, 0.15) is 64.2 Å². The topological polar surface area (TPSA) is 52.3 Å². The minimum Gasteiger partial charge on any atom is -0.494 e. The van der Waals surface area contributed by atoms with Gasteiger partial charge in [-0.25, -0.2) is 0 Å². The number of benzene rings is 1. The summed E-state index contributed by atoms with van der Waals surface area (Å²) < 4.78 is 5.66. The van der Waals surface area contributed by atoms with Crippen molar-refractivity contribution in [1.29, 1.82) is 0 Å². The van der Waals surface area contributed by atoms with Crippen molar-refractivity contribution in [3.8, 4) is 5.75 Å². The number of rotatable bonds is 13. The summed E-state index contributed by atoms with van der Waals surface area (Å²) in [5.41, 5.74) is 5.10. The van der Waals surface area contributed by atoms with Gasteiger partial charge in [-0.2, -0.15) is 0 Å². The van der Waals surface area contributed by atoms with E-state index in [1.54, 1.807) is 0 Å². The lowest BCUT2D eigenvalue weighted by Crippen LogP contribution is -2.09. The molecule has 0 aromatic heterocycles. The summed E-state index contributed by atoms with van der Waals surface area (Å²) in [7, 11) is 0. The van der Waals surface area contributed by atoms with Crippen LogP contribution in [-0.4, -0.2) is 12.5 Å². The fraction of sp³-hybridized carbons (Fsp3) is 0.611. The van der Waals surface area contributed by atoms with Gasteiger partial charge in [0.1, 0.15) is 5.75 Å². The highest BCUT2D eigenvalue weighted by atomic mass is 16.5. The number of primary amides is 1. The number of hydrogen-bond donors (Lipinski definition) is 1. The summed E-state index contributed by atoms with van der Waals surface area (Å²) in [4.78, 5) is 10.6. The normalized spacial score (nSPS) is 10.5. The van der Waals surface area contributed by atoms with Gasteiger partial charge in [0.25, 0.3) is 0 Å². The van der Waals surface area contributed by atoms with E-state index < -0.39 is 0 Å². The Morgan fingerprint density at radius 3 is 1.90 bits per heavy atom. The van der Waals surface area contributed by atoms with Gasteiger partial charge in [-0.15, -0.1) is 0 Å². The fourth-order valence-corrected chi connectivity index (χ4v) is 2.35. The molecule has 0 saturated heterocycles. The molecule has 0 aliphatic heterocycles. The third kappa shape index (κ3) is 10.9. The van der Waals surface area contributed by atoms with Crippen LogP contribution >= 0.6 is 0 Å². The van der Waals surface area contributed by atoms with Gasteiger partial charge in [-0.1, -0.05) is 63.1 Å². The molecule has 0 aliphatic rings. The maximum absolute atomic E-state index is 10.6. The molecule has 2 N–H and O–H groups in total. The second-order valence-electron chi connectivity index (χ2n) is 5.56. The molecule has 21 heavy (non-hydrogen) atoms. The minimum absolute atomic E-state index is 0.173. The first-order valence-corrected chi connectivity index (χ1v) is 8.25. The van der Waals surface area contributed by atoms with Crippen LogP contribution < -0.4 is 10.5 Å². The molecule has 1 aromatic carbocycles. The zero-order chi connectivity index (χ0) is 15.2. The van der Waals surface area contributed by atoms with Crippen LogP contribution in [0.2, 0.25) is 0 Å². The highest BCUT2D eigenvalue weighted by molar-refractivity contribution is 5.73. The number of amides is 1. The lowest BCUT2D eigenvalue weighted by Gasteiger charge is -2.05. The van der Waals surface area contributed by atoms with E-state index in [4.69, 9.17) is 10.5 Å². The number of ether oxygens (including phenoxy) is 1. The summed E-state index contributed by atoms with van der Waals surface area (Å²) in [6.07, 6.45) is 11.4. The molecular formula is C18H29NO2. The predicted octanol–water partition coefficient (Wildman–Crippen LogP) is 4.45. The van der Waals surface area contributed by atoms with Crippen LogP contribution in [0.15, 0.2) is 30.3 Å². The van der Waals surface area contributed by atoms with Gasteiger partial charge in [0, 0.05) is 6.42 Å². The summed E-state index contributed by atoms with van der Waals surface area (Å²) in [5.74, 6) is 0.793. The largest absolute Gasteiger partial charge is 0.494 e. The Morgan fingerprint density at radius 1 is 0.810 bits per heavy atom. The standard InChI is InChI=1S/C18H29NO2/c19-18(20)15-11-6-4-2-1-3-5-7-12-16-21-17-13-9-8-10-14-17/h8-10,13-14H,1-7,11-12,15-16H2,(H2,19,20). The molecule has 3 nitrogen and oxygen atoms in total. The fourth-order valence-electron chi connectivity index (χ4n) is 2.35. The van der Waals surface area contributed by atoms with Crippen molar-refractivity contribution in [3.63, 3.8) is 0 Å². The SMILES string of the molecule is NC(=O)CCCCCCCCCCCOc1ccccc1. The summed E-state index contributed by atoms with van der Waals surface area (Å²) in [6.45, 7) is 0.817. The first-order chi connectivity index (χ1) is 10.3. The summed E-state index contributed by atoms with van der Waals surface area (Å²) in [5, 5.41) is 0. The number of hydrogen-bond acceptors (Lipinski definition) is 2. The molecule has 0 atom stereocenters. The molecule has 0 unspecified atom stereocenters. The summed E-state index contributed by atoms with van der Waals surface area (Å²) >= 11 is 0. The molecule has 0 radical (unpaired) electrons. The van der Waals surface area contributed by atoms with E-state index in [1.165, 1.54) is 38.5 Å². The highest BCUT2D eigenvalue weighted by Gasteiger charge is 1.96. The third-order valence-corrected chi connectivity index (χ3v) is 3.58. The monoisotopic (exact) mass is 291 g/mol. The average Bonchev–Trinajstić information content (AvgIpc) is 2.49. The van der Waals surface area contributed by atoms with Crippen LogP contribution in [0.4, 0.5) is 0 Å². The van der Waals surface area contributed by atoms with Gasteiger partial charge in [0.2, 0.25) is 5.91 Å². The van der Waals surface area contributed by atoms with E-state index in [2.05, 4.69) is 0 Å². The van der Waals surface area contributed by atoms with E-state index >= 15 is 0 Å². The molecule has 0 saturated carbocycles. The van der Waals surface area contributed by atoms with E-state index in [0.29, 0.717) is 6.42 Å². The molecular weight excluding hydrogens is 262 g/mol. The first-order valence-electron chi connectivity index (χ1n) is 8.25. The molecule has 1 rings (SSSR count). The molecule has 1 amide bonds. The maximum atomic E-state index is 10.6. The Bertz CT molecular complexity index is 365. The number of unbranched alkanes of at least 4 members (excludes halogenated alkanes) is 8.